The average molecular weight is 217 g/mol. The average Bonchev–Trinajstić information content (AvgIpc) is 2.60. The van der Waals surface area contributed by atoms with Crippen LogP contribution in [0.2, 0.25) is 0 Å². The molecule has 0 aromatic carbocycles. The lowest BCUT2D eigenvalue weighted by Gasteiger charge is -2.08. The summed E-state index contributed by atoms with van der Waals surface area (Å²) in [5.74, 6) is 2.23. The van der Waals surface area contributed by atoms with E-state index in [0.717, 1.165) is 17.1 Å². The van der Waals surface area contributed by atoms with Crippen LogP contribution < -0.4 is 5.73 Å². The number of nitrogens with two attached hydrogens (primary N) is 1. The van der Waals surface area contributed by atoms with Gasteiger partial charge in [-0.3, -0.25) is 0 Å². The second-order valence-corrected chi connectivity index (χ2v) is 3.86. The van der Waals surface area contributed by atoms with Crippen LogP contribution in [-0.2, 0) is 13.5 Å². The Labute approximate surface area is 94.4 Å². The molecule has 2 aromatic heterocycles. The lowest BCUT2D eigenvalue weighted by atomic mass is 10.1. The first kappa shape index (κ1) is 10.6. The number of hydrogen-bond acceptors (Lipinski definition) is 4. The number of imidazole rings is 1. The van der Waals surface area contributed by atoms with Gasteiger partial charge in [-0.1, -0.05) is 0 Å². The lowest BCUT2D eigenvalue weighted by Crippen LogP contribution is -2.07. The Bertz CT molecular complexity index is 515. The van der Waals surface area contributed by atoms with Crippen LogP contribution in [0.5, 0.6) is 0 Å². The van der Waals surface area contributed by atoms with Gasteiger partial charge in [0.05, 0.1) is 5.69 Å². The van der Waals surface area contributed by atoms with Crippen molar-refractivity contribution in [3.8, 4) is 0 Å². The van der Waals surface area contributed by atoms with E-state index in [1.165, 1.54) is 0 Å². The maximum absolute atomic E-state index is 5.81. The molecule has 0 bridgehead atoms. The van der Waals surface area contributed by atoms with Crippen LogP contribution in [0.3, 0.4) is 0 Å². The first-order valence-corrected chi connectivity index (χ1v) is 5.13. The van der Waals surface area contributed by atoms with Crippen molar-refractivity contribution in [3.63, 3.8) is 0 Å². The molecular weight excluding hydrogens is 202 g/mol. The smallest absolute Gasteiger partial charge is 0.130 e. The number of aromatic nitrogens is 4. The van der Waals surface area contributed by atoms with Crippen molar-refractivity contribution in [1.82, 2.24) is 19.5 Å². The van der Waals surface area contributed by atoms with Gasteiger partial charge >= 0.3 is 0 Å². The van der Waals surface area contributed by atoms with Crippen LogP contribution in [0.15, 0.2) is 12.4 Å². The second kappa shape index (κ2) is 3.92. The number of aryl methyl sites for hydroxylation is 2. The summed E-state index contributed by atoms with van der Waals surface area (Å²) >= 11 is 0. The fraction of sp³-hybridized carbons (Fsp3) is 0.364. The Morgan fingerprint density at radius 3 is 2.69 bits per heavy atom. The molecule has 0 spiro atoms. The summed E-state index contributed by atoms with van der Waals surface area (Å²) in [5, 5.41) is 0. The van der Waals surface area contributed by atoms with Gasteiger partial charge in [0.25, 0.3) is 0 Å². The van der Waals surface area contributed by atoms with E-state index in [1.807, 2.05) is 31.7 Å². The highest BCUT2D eigenvalue weighted by Crippen LogP contribution is 2.14. The maximum atomic E-state index is 5.81. The molecule has 0 fully saturated rings. The third-order valence-electron chi connectivity index (χ3n) is 2.64. The molecule has 5 nitrogen and oxygen atoms in total. The Morgan fingerprint density at radius 2 is 2.06 bits per heavy atom. The van der Waals surface area contributed by atoms with Crippen molar-refractivity contribution in [2.45, 2.75) is 20.3 Å². The summed E-state index contributed by atoms with van der Waals surface area (Å²) in [7, 11) is 1.97. The summed E-state index contributed by atoms with van der Waals surface area (Å²) in [6.45, 7) is 3.78. The number of hydrogen-bond donors (Lipinski definition) is 1. The Morgan fingerprint density at radius 1 is 1.31 bits per heavy atom. The molecule has 0 aliphatic rings. The van der Waals surface area contributed by atoms with Crippen molar-refractivity contribution in [2.75, 3.05) is 5.73 Å². The number of nitrogen functional groups attached to an aromatic ring is 1. The zero-order valence-electron chi connectivity index (χ0n) is 9.73. The molecule has 2 heterocycles. The molecule has 0 unspecified atom stereocenters. The number of rotatable bonds is 2. The van der Waals surface area contributed by atoms with Gasteiger partial charge in [0, 0.05) is 31.4 Å². The van der Waals surface area contributed by atoms with Gasteiger partial charge in [-0.25, -0.2) is 15.0 Å². The monoisotopic (exact) mass is 217 g/mol. The molecule has 16 heavy (non-hydrogen) atoms. The van der Waals surface area contributed by atoms with Crippen LogP contribution in [-0.4, -0.2) is 19.5 Å². The van der Waals surface area contributed by atoms with Gasteiger partial charge in [0.2, 0.25) is 0 Å². The first-order valence-electron chi connectivity index (χ1n) is 5.13. The normalized spacial score (nSPS) is 10.7. The van der Waals surface area contributed by atoms with Gasteiger partial charge in [0.1, 0.15) is 17.5 Å². The lowest BCUT2D eigenvalue weighted by molar-refractivity contribution is 0.801. The molecule has 0 aliphatic heterocycles. The molecule has 84 valence electrons. The van der Waals surface area contributed by atoms with E-state index in [9.17, 15) is 0 Å². The van der Waals surface area contributed by atoms with Crippen molar-refractivity contribution in [3.05, 3.63) is 35.3 Å². The molecule has 0 radical (unpaired) electrons. The van der Waals surface area contributed by atoms with Crippen LogP contribution in [0, 0.1) is 13.8 Å². The van der Waals surface area contributed by atoms with Gasteiger partial charge in [0.15, 0.2) is 0 Å². The highest BCUT2D eigenvalue weighted by atomic mass is 15.0. The summed E-state index contributed by atoms with van der Waals surface area (Å²) in [6.07, 6.45) is 4.38. The fourth-order valence-corrected chi connectivity index (χ4v) is 1.60. The molecule has 5 heteroatoms. The van der Waals surface area contributed by atoms with Crippen molar-refractivity contribution < 1.29 is 0 Å². The molecule has 0 amide bonds. The van der Waals surface area contributed by atoms with E-state index < -0.39 is 0 Å². The maximum Gasteiger partial charge on any atom is 0.130 e. The van der Waals surface area contributed by atoms with Gasteiger partial charge in [-0.2, -0.15) is 0 Å². The Hall–Kier alpha value is -1.91. The highest BCUT2D eigenvalue weighted by Gasteiger charge is 2.09. The SMILES string of the molecule is Cc1nc(N)c(C)c(Cc2nccn2C)n1. The van der Waals surface area contributed by atoms with E-state index in [-0.39, 0.29) is 0 Å². The number of anilines is 1. The van der Waals surface area contributed by atoms with Crippen LogP contribution in [0.4, 0.5) is 5.82 Å². The predicted octanol–water partition coefficient (Wildman–Crippen LogP) is 1.000. The Balaban J connectivity index is 2.38. The van der Waals surface area contributed by atoms with Gasteiger partial charge in [-0.15, -0.1) is 0 Å². The third kappa shape index (κ3) is 1.88. The van der Waals surface area contributed by atoms with E-state index >= 15 is 0 Å². The van der Waals surface area contributed by atoms with Crippen molar-refractivity contribution in [1.29, 1.82) is 0 Å². The minimum Gasteiger partial charge on any atom is -0.383 e. The van der Waals surface area contributed by atoms with Gasteiger partial charge in [-0.05, 0) is 13.8 Å². The first-order chi connectivity index (χ1) is 7.58. The molecule has 0 aliphatic carbocycles. The molecule has 2 aromatic rings. The summed E-state index contributed by atoms with van der Waals surface area (Å²) in [5.41, 5.74) is 7.69. The Kier molecular flexibility index (Phi) is 2.60. The van der Waals surface area contributed by atoms with Crippen molar-refractivity contribution >= 4 is 5.82 Å². The quantitative estimate of drug-likeness (QED) is 0.814. The van der Waals surface area contributed by atoms with Crippen LogP contribution in [0.25, 0.3) is 0 Å². The van der Waals surface area contributed by atoms with Crippen molar-refractivity contribution in [2.24, 2.45) is 7.05 Å². The molecular formula is C11H15N5. The van der Waals surface area contributed by atoms with Gasteiger partial charge < -0.3 is 10.3 Å². The third-order valence-corrected chi connectivity index (χ3v) is 2.64. The predicted molar refractivity (Wildman–Crippen MR) is 61.9 cm³/mol. The van der Waals surface area contributed by atoms with E-state index in [2.05, 4.69) is 15.0 Å². The number of nitrogens with zero attached hydrogens (tertiary/aromatic N) is 4. The van der Waals surface area contributed by atoms with E-state index in [4.69, 9.17) is 5.73 Å². The molecule has 0 saturated carbocycles. The minimum absolute atomic E-state index is 0.553. The summed E-state index contributed by atoms with van der Waals surface area (Å²) < 4.78 is 1.98. The second-order valence-electron chi connectivity index (χ2n) is 3.86. The zero-order valence-corrected chi connectivity index (χ0v) is 9.73. The minimum atomic E-state index is 0.553. The summed E-state index contributed by atoms with van der Waals surface area (Å²) in [6, 6.07) is 0. The van der Waals surface area contributed by atoms with Crippen LogP contribution >= 0.6 is 0 Å². The highest BCUT2D eigenvalue weighted by molar-refractivity contribution is 5.41. The largest absolute Gasteiger partial charge is 0.383 e. The molecule has 0 atom stereocenters. The molecule has 2 rings (SSSR count). The van der Waals surface area contributed by atoms with Crippen LogP contribution in [0.1, 0.15) is 22.9 Å². The van der Waals surface area contributed by atoms with E-state index in [1.54, 1.807) is 6.20 Å². The standard InChI is InChI=1S/C11H15N5/c1-7-9(14-8(2)15-11(7)12)6-10-13-4-5-16(10)3/h4-5H,6H2,1-3H3,(H2,12,14,15). The zero-order chi connectivity index (χ0) is 11.7. The van der Waals surface area contributed by atoms with E-state index in [0.29, 0.717) is 18.1 Å². The molecule has 2 N–H and O–H groups in total. The fourth-order valence-electron chi connectivity index (χ4n) is 1.60. The summed E-state index contributed by atoms with van der Waals surface area (Å²) in [4.78, 5) is 12.8. The topological polar surface area (TPSA) is 69.6 Å². The molecule has 0 saturated heterocycles.